The van der Waals surface area contributed by atoms with Gasteiger partial charge in [-0.05, 0) is 19.4 Å². The number of hydrogen-bond donors (Lipinski definition) is 1. The molecule has 2 amide bonds. The van der Waals surface area contributed by atoms with Crippen LogP contribution in [0.2, 0.25) is 0 Å². The van der Waals surface area contributed by atoms with Crippen LogP contribution in [0.3, 0.4) is 0 Å². The zero-order chi connectivity index (χ0) is 18.5. The van der Waals surface area contributed by atoms with Crippen LogP contribution in [0.1, 0.15) is 29.9 Å². The molecule has 1 aromatic carbocycles. The Kier molecular flexibility index (Phi) is 5.55. The molecule has 26 heavy (non-hydrogen) atoms. The molecule has 138 valence electrons. The minimum absolute atomic E-state index is 0.0621. The van der Waals surface area contributed by atoms with Gasteiger partial charge in [0.2, 0.25) is 11.8 Å². The normalized spacial score (nSPS) is 17.2. The van der Waals surface area contributed by atoms with Gasteiger partial charge in [0, 0.05) is 31.1 Å². The molecule has 1 saturated heterocycles. The molecule has 2 aromatic rings. The van der Waals surface area contributed by atoms with Crippen LogP contribution in [0.25, 0.3) is 0 Å². The Morgan fingerprint density at radius 3 is 2.96 bits per heavy atom. The fourth-order valence-corrected chi connectivity index (χ4v) is 3.14. The first-order chi connectivity index (χ1) is 12.6. The van der Waals surface area contributed by atoms with Crippen LogP contribution >= 0.6 is 0 Å². The van der Waals surface area contributed by atoms with E-state index in [-0.39, 0.29) is 17.7 Å². The van der Waals surface area contributed by atoms with Gasteiger partial charge in [-0.1, -0.05) is 23.4 Å². The summed E-state index contributed by atoms with van der Waals surface area (Å²) >= 11 is 0. The van der Waals surface area contributed by atoms with E-state index in [1.165, 1.54) is 0 Å². The molecule has 1 aromatic heterocycles. The number of carbonyl (C=O) groups excluding carboxylic acids is 2. The third-order valence-corrected chi connectivity index (χ3v) is 4.55. The number of para-hydroxylation sites is 1. The maximum atomic E-state index is 12.5. The Morgan fingerprint density at radius 2 is 2.23 bits per heavy atom. The molecule has 3 rings (SSSR count). The number of benzene rings is 1. The van der Waals surface area contributed by atoms with Crippen molar-refractivity contribution in [2.45, 2.75) is 32.9 Å². The monoisotopic (exact) mass is 357 g/mol. The molecule has 0 saturated carbocycles. The van der Waals surface area contributed by atoms with Gasteiger partial charge in [0.05, 0.1) is 19.6 Å². The zero-order valence-electron chi connectivity index (χ0n) is 15.0. The average molecular weight is 357 g/mol. The van der Waals surface area contributed by atoms with Crippen LogP contribution in [-0.2, 0) is 22.7 Å². The molecule has 1 fully saturated rings. The molecule has 0 bridgehead atoms. The molecule has 1 aliphatic heterocycles. The zero-order valence-corrected chi connectivity index (χ0v) is 15.0. The molecule has 0 aliphatic carbocycles. The summed E-state index contributed by atoms with van der Waals surface area (Å²) in [6.45, 7) is 2.98. The number of carbonyl (C=O) groups is 2. The first-order valence-corrected chi connectivity index (χ1v) is 8.66. The molecule has 0 unspecified atom stereocenters. The minimum Gasteiger partial charge on any atom is -0.496 e. The van der Waals surface area contributed by atoms with Crippen LogP contribution in [0.4, 0.5) is 0 Å². The van der Waals surface area contributed by atoms with Gasteiger partial charge >= 0.3 is 0 Å². The van der Waals surface area contributed by atoms with E-state index in [1.807, 2.05) is 24.3 Å². The van der Waals surface area contributed by atoms with E-state index in [0.717, 1.165) is 11.3 Å². The molecular weight excluding hydrogens is 334 g/mol. The Hall–Kier alpha value is -2.83. The van der Waals surface area contributed by atoms with Crippen molar-refractivity contribution in [3.63, 3.8) is 0 Å². The van der Waals surface area contributed by atoms with Crippen LogP contribution < -0.4 is 10.1 Å². The highest BCUT2D eigenvalue weighted by Crippen LogP contribution is 2.24. The number of nitrogens with one attached hydrogen (secondary N) is 1. The second kappa shape index (κ2) is 8.03. The maximum Gasteiger partial charge on any atom is 0.225 e. The molecule has 0 spiro atoms. The van der Waals surface area contributed by atoms with Crippen molar-refractivity contribution in [1.29, 1.82) is 0 Å². The standard InChI is InChI=1S/C19H23N3O4/c1-13-9-16(21-26-13)10-20-19(24)15-7-8-18(23)22(12-15)11-14-5-3-4-6-17(14)25-2/h3-6,9,15H,7-8,10-12H2,1-2H3,(H,20,24)/t15-/m1/s1. The van der Waals surface area contributed by atoms with E-state index in [0.29, 0.717) is 43.9 Å². The third kappa shape index (κ3) is 4.22. The Morgan fingerprint density at radius 1 is 1.42 bits per heavy atom. The van der Waals surface area contributed by atoms with Gasteiger partial charge in [-0.25, -0.2) is 0 Å². The number of piperidine rings is 1. The average Bonchev–Trinajstić information content (AvgIpc) is 3.07. The summed E-state index contributed by atoms with van der Waals surface area (Å²) in [7, 11) is 1.61. The largest absolute Gasteiger partial charge is 0.496 e. The van der Waals surface area contributed by atoms with Crippen LogP contribution in [0.15, 0.2) is 34.9 Å². The predicted molar refractivity (Wildman–Crippen MR) is 94.2 cm³/mol. The molecule has 7 nitrogen and oxygen atoms in total. The summed E-state index contributed by atoms with van der Waals surface area (Å²) in [6.07, 6.45) is 0.932. The van der Waals surface area contributed by atoms with Crippen molar-refractivity contribution in [2.24, 2.45) is 5.92 Å². The van der Waals surface area contributed by atoms with E-state index >= 15 is 0 Å². The lowest BCUT2D eigenvalue weighted by atomic mass is 9.96. The van der Waals surface area contributed by atoms with Gasteiger partial charge in [-0.3, -0.25) is 9.59 Å². The number of likely N-dealkylation sites (tertiary alicyclic amines) is 1. The lowest BCUT2D eigenvalue weighted by molar-refractivity contribution is -0.139. The Bertz CT molecular complexity index is 787. The smallest absolute Gasteiger partial charge is 0.225 e. The van der Waals surface area contributed by atoms with Gasteiger partial charge in [0.25, 0.3) is 0 Å². The highest BCUT2D eigenvalue weighted by Gasteiger charge is 2.30. The van der Waals surface area contributed by atoms with Gasteiger partial charge in [-0.15, -0.1) is 0 Å². The Labute approximate surface area is 152 Å². The second-order valence-corrected chi connectivity index (χ2v) is 6.47. The van der Waals surface area contributed by atoms with Crippen LogP contribution in [0.5, 0.6) is 5.75 Å². The number of aromatic nitrogens is 1. The van der Waals surface area contributed by atoms with E-state index in [2.05, 4.69) is 10.5 Å². The molecule has 1 atom stereocenters. The van der Waals surface area contributed by atoms with Gasteiger partial charge in [0.1, 0.15) is 17.2 Å². The lowest BCUT2D eigenvalue weighted by Crippen LogP contribution is -2.45. The quantitative estimate of drug-likeness (QED) is 0.855. The number of amides is 2. The molecule has 2 heterocycles. The number of methoxy groups -OCH3 is 1. The highest BCUT2D eigenvalue weighted by atomic mass is 16.5. The van der Waals surface area contributed by atoms with E-state index in [9.17, 15) is 9.59 Å². The topological polar surface area (TPSA) is 84.7 Å². The van der Waals surface area contributed by atoms with E-state index < -0.39 is 0 Å². The number of hydrogen-bond acceptors (Lipinski definition) is 5. The molecule has 1 N–H and O–H groups in total. The third-order valence-electron chi connectivity index (χ3n) is 4.55. The lowest BCUT2D eigenvalue weighted by Gasteiger charge is -2.32. The number of rotatable bonds is 6. The summed E-state index contributed by atoms with van der Waals surface area (Å²) < 4.78 is 10.3. The van der Waals surface area contributed by atoms with E-state index in [4.69, 9.17) is 9.26 Å². The van der Waals surface area contributed by atoms with Crippen molar-refractivity contribution < 1.29 is 18.8 Å². The van der Waals surface area contributed by atoms with Crippen molar-refractivity contribution >= 4 is 11.8 Å². The molecule has 7 heteroatoms. The first-order valence-electron chi connectivity index (χ1n) is 8.66. The molecular formula is C19H23N3O4. The minimum atomic E-state index is -0.226. The van der Waals surface area contributed by atoms with Gasteiger partial charge in [-0.2, -0.15) is 0 Å². The first kappa shape index (κ1) is 18.0. The summed E-state index contributed by atoms with van der Waals surface area (Å²) in [5, 5.41) is 6.75. The van der Waals surface area contributed by atoms with Crippen molar-refractivity contribution in [1.82, 2.24) is 15.4 Å². The van der Waals surface area contributed by atoms with Crippen LogP contribution in [-0.4, -0.2) is 35.5 Å². The SMILES string of the molecule is COc1ccccc1CN1C[C@H](C(=O)NCc2cc(C)on2)CCC1=O. The summed E-state index contributed by atoms with van der Waals surface area (Å²) in [6, 6.07) is 9.40. The summed E-state index contributed by atoms with van der Waals surface area (Å²) in [4.78, 5) is 26.5. The number of nitrogens with zero attached hydrogens (tertiary/aromatic N) is 2. The summed E-state index contributed by atoms with van der Waals surface area (Å²) in [5.74, 6) is 1.22. The highest BCUT2D eigenvalue weighted by molar-refractivity contribution is 5.83. The van der Waals surface area contributed by atoms with E-state index in [1.54, 1.807) is 25.0 Å². The maximum absolute atomic E-state index is 12.5. The van der Waals surface area contributed by atoms with Crippen molar-refractivity contribution in [3.05, 3.63) is 47.3 Å². The van der Waals surface area contributed by atoms with Crippen LogP contribution in [0, 0.1) is 12.8 Å². The fourth-order valence-electron chi connectivity index (χ4n) is 3.14. The predicted octanol–water partition coefficient (Wildman–Crippen LogP) is 2.05. The Balaban J connectivity index is 1.60. The molecule has 1 aliphatic rings. The molecule has 0 radical (unpaired) electrons. The number of ether oxygens (including phenoxy) is 1. The number of aryl methyl sites for hydroxylation is 1. The summed E-state index contributed by atoms with van der Waals surface area (Å²) in [5.41, 5.74) is 1.62. The van der Waals surface area contributed by atoms with Crippen molar-refractivity contribution in [3.8, 4) is 5.75 Å². The fraction of sp³-hybridized carbons (Fsp3) is 0.421. The van der Waals surface area contributed by atoms with Gasteiger partial charge < -0.3 is 19.5 Å². The second-order valence-electron chi connectivity index (χ2n) is 6.47. The van der Waals surface area contributed by atoms with Gasteiger partial charge in [0.15, 0.2) is 0 Å². The van der Waals surface area contributed by atoms with Crippen molar-refractivity contribution in [2.75, 3.05) is 13.7 Å².